The van der Waals surface area contributed by atoms with E-state index < -0.39 is 0 Å². The van der Waals surface area contributed by atoms with Crippen LogP contribution in [0, 0.1) is 19.8 Å². The lowest BCUT2D eigenvalue weighted by molar-refractivity contribution is 0.593. The van der Waals surface area contributed by atoms with E-state index in [2.05, 4.69) is 27.4 Å². The van der Waals surface area contributed by atoms with Gasteiger partial charge >= 0.3 is 0 Å². The molecule has 0 fully saturated rings. The van der Waals surface area contributed by atoms with Crippen molar-refractivity contribution in [1.82, 2.24) is 15.2 Å². The number of rotatable bonds is 5. The Labute approximate surface area is 95.5 Å². The van der Waals surface area contributed by atoms with E-state index in [-0.39, 0.29) is 0 Å². The molecule has 1 rings (SSSR count). The molecule has 1 heterocycles. The standard InChI is InChI=1S/C10H17ClN4/c1-7(4-5-11)6-12-10-13-8(2)9(3)14-15-10/h7H,4-6H2,1-3H3,(H,12,13,15). The van der Waals surface area contributed by atoms with E-state index in [1.165, 1.54) is 0 Å². The van der Waals surface area contributed by atoms with Gasteiger partial charge < -0.3 is 5.32 Å². The lowest BCUT2D eigenvalue weighted by Gasteiger charge is -2.10. The Morgan fingerprint density at radius 3 is 2.60 bits per heavy atom. The first-order valence-electron chi connectivity index (χ1n) is 5.11. The largest absolute Gasteiger partial charge is 0.353 e. The minimum absolute atomic E-state index is 0.521. The fourth-order valence-corrected chi connectivity index (χ4v) is 1.46. The number of halogens is 1. The van der Waals surface area contributed by atoms with Gasteiger partial charge in [0.25, 0.3) is 0 Å². The molecular weight excluding hydrogens is 212 g/mol. The highest BCUT2D eigenvalue weighted by atomic mass is 35.5. The maximum Gasteiger partial charge on any atom is 0.242 e. The van der Waals surface area contributed by atoms with Gasteiger partial charge in [-0.1, -0.05) is 6.92 Å². The van der Waals surface area contributed by atoms with Crippen molar-refractivity contribution < 1.29 is 0 Å². The Morgan fingerprint density at radius 1 is 1.27 bits per heavy atom. The Hall–Kier alpha value is -0.900. The topological polar surface area (TPSA) is 50.7 Å². The fraction of sp³-hybridized carbons (Fsp3) is 0.700. The van der Waals surface area contributed by atoms with Gasteiger partial charge in [-0.2, -0.15) is 5.10 Å². The SMILES string of the molecule is Cc1nnc(NCC(C)CCCl)nc1C. The third-order valence-electron chi connectivity index (χ3n) is 2.30. The van der Waals surface area contributed by atoms with Crippen LogP contribution >= 0.6 is 11.6 Å². The van der Waals surface area contributed by atoms with E-state index in [1.54, 1.807) is 0 Å². The molecule has 4 nitrogen and oxygen atoms in total. The zero-order valence-corrected chi connectivity index (χ0v) is 10.2. The molecule has 15 heavy (non-hydrogen) atoms. The predicted molar refractivity (Wildman–Crippen MR) is 62.3 cm³/mol. The van der Waals surface area contributed by atoms with Crippen LogP contribution in [0.25, 0.3) is 0 Å². The van der Waals surface area contributed by atoms with Gasteiger partial charge in [0, 0.05) is 12.4 Å². The van der Waals surface area contributed by atoms with E-state index in [0.29, 0.717) is 17.7 Å². The van der Waals surface area contributed by atoms with Crippen LogP contribution in [0.15, 0.2) is 0 Å². The van der Waals surface area contributed by atoms with Gasteiger partial charge in [-0.15, -0.1) is 16.7 Å². The van der Waals surface area contributed by atoms with Crippen LogP contribution in [-0.4, -0.2) is 27.6 Å². The maximum absolute atomic E-state index is 5.65. The Balaban J connectivity index is 2.47. The number of aromatic nitrogens is 3. The van der Waals surface area contributed by atoms with Gasteiger partial charge in [-0.25, -0.2) is 4.98 Å². The summed E-state index contributed by atoms with van der Waals surface area (Å²) >= 11 is 5.65. The summed E-state index contributed by atoms with van der Waals surface area (Å²) in [5, 5.41) is 11.1. The second kappa shape index (κ2) is 5.85. The molecule has 1 aromatic heterocycles. The van der Waals surface area contributed by atoms with Gasteiger partial charge in [0.05, 0.1) is 11.4 Å². The number of alkyl halides is 1. The zero-order valence-electron chi connectivity index (χ0n) is 9.42. The van der Waals surface area contributed by atoms with Crippen molar-refractivity contribution >= 4 is 17.5 Å². The molecular formula is C10H17ClN4. The van der Waals surface area contributed by atoms with Gasteiger partial charge in [0.2, 0.25) is 5.95 Å². The number of hydrogen-bond acceptors (Lipinski definition) is 4. The first-order valence-corrected chi connectivity index (χ1v) is 5.64. The number of nitrogens with zero attached hydrogens (tertiary/aromatic N) is 3. The minimum atomic E-state index is 0.521. The number of anilines is 1. The quantitative estimate of drug-likeness (QED) is 0.785. The van der Waals surface area contributed by atoms with Crippen molar-refractivity contribution in [2.75, 3.05) is 17.7 Å². The Kier molecular flexibility index (Phi) is 4.75. The molecule has 0 aliphatic carbocycles. The van der Waals surface area contributed by atoms with Crippen LogP contribution in [0.2, 0.25) is 0 Å². The van der Waals surface area contributed by atoms with Gasteiger partial charge in [-0.3, -0.25) is 0 Å². The van der Waals surface area contributed by atoms with E-state index in [4.69, 9.17) is 11.6 Å². The van der Waals surface area contributed by atoms with Crippen LogP contribution in [-0.2, 0) is 0 Å². The molecule has 5 heteroatoms. The van der Waals surface area contributed by atoms with Crippen LogP contribution in [0.5, 0.6) is 0 Å². The van der Waals surface area contributed by atoms with Gasteiger partial charge in [-0.05, 0) is 26.2 Å². The van der Waals surface area contributed by atoms with Crippen LogP contribution in [0.4, 0.5) is 5.95 Å². The van der Waals surface area contributed by atoms with Gasteiger partial charge in [0.15, 0.2) is 0 Å². The van der Waals surface area contributed by atoms with Crippen molar-refractivity contribution in [1.29, 1.82) is 0 Å². The molecule has 0 bridgehead atoms. The van der Waals surface area contributed by atoms with Crippen molar-refractivity contribution in [2.24, 2.45) is 5.92 Å². The first kappa shape index (κ1) is 12.2. The molecule has 1 N–H and O–H groups in total. The fourth-order valence-electron chi connectivity index (χ4n) is 1.09. The summed E-state index contributed by atoms with van der Waals surface area (Å²) in [6.45, 7) is 6.80. The molecule has 0 radical (unpaired) electrons. The van der Waals surface area contributed by atoms with E-state index >= 15 is 0 Å². The third kappa shape index (κ3) is 4.00. The van der Waals surface area contributed by atoms with Crippen LogP contribution < -0.4 is 5.32 Å². The number of nitrogens with one attached hydrogen (secondary N) is 1. The molecule has 0 spiro atoms. The molecule has 1 aromatic rings. The van der Waals surface area contributed by atoms with Crippen LogP contribution in [0.3, 0.4) is 0 Å². The molecule has 1 atom stereocenters. The van der Waals surface area contributed by atoms with E-state index in [1.807, 2.05) is 13.8 Å². The molecule has 0 amide bonds. The molecule has 84 valence electrons. The Morgan fingerprint density at radius 2 is 2.00 bits per heavy atom. The zero-order chi connectivity index (χ0) is 11.3. The van der Waals surface area contributed by atoms with Crippen molar-refractivity contribution in [3.05, 3.63) is 11.4 Å². The highest BCUT2D eigenvalue weighted by molar-refractivity contribution is 6.17. The average molecular weight is 229 g/mol. The lowest BCUT2D eigenvalue weighted by atomic mass is 10.1. The molecule has 1 unspecified atom stereocenters. The second-order valence-corrected chi connectivity index (χ2v) is 4.15. The second-order valence-electron chi connectivity index (χ2n) is 3.77. The summed E-state index contributed by atoms with van der Waals surface area (Å²) in [4.78, 5) is 4.29. The van der Waals surface area contributed by atoms with Crippen molar-refractivity contribution in [3.8, 4) is 0 Å². The smallest absolute Gasteiger partial charge is 0.242 e. The first-order chi connectivity index (χ1) is 7.13. The van der Waals surface area contributed by atoms with Crippen molar-refractivity contribution in [3.63, 3.8) is 0 Å². The van der Waals surface area contributed by atoms with E-state index in [9.17, 15) is 0 Å². The molecule has 0 saturated heterocycles. The van der Waals surface area contributed by atoms with E-state index in [0.717, 1.165) is 24.4 Å². The highest BCUT2D eigenvalue weighted by Crippen LogP contribution is 2.06. The lowest BCUT2D eigenvalue weighted by Crippen LogP contribution is -2.14. The summed E-state index contributed by atoms with van der Waals surface area (Å²) in [6, 6.07) is 0. The summed E-state index contributed by atoms with van der Waals surface area (Å²) in [5.74, 6) is 1.81. The third-order valence-corrected chi connectivity index (χ3v) is 2.52. The minimum Gasteiger partial charge on any atom is -0.353 e. The number of hydrogen-bond donors (Lipinski definition) is 1. The summed E-state index contributed by atoms with van der Waals surface area (Å²) in [7, 11) is 0. The number of aryl methyl sites for hydroxylation is 2. The average Bonchev–Trinajstić information content (AvgIpc) is 2.20. The maximum atomic E-state index is 5.65. The molecule has 0 aliphatic rings. The summed E-state index contributed by atoms with van der Waals surface area (Å²) < 4.78 is 0. The summed E-state index contributed by atoms with van der Waals surface area (Å²) in [5.41, 5.74) is 1.78. The Bertz CT molecular complexity index is 316. The predicted octanol–water partition coefficient (Wildman–Crippen LogP) is 2.17. The van der Waals surface area contributed by atoms with Gasteiger partial charge in [0.1, 0.15) is 0 Å². The molecule has 0 saturated carbocycles. The normalized spacial score (nSPS) is 12.5. The van der Waals surface area contributed by atoms with Crippen molar-refractivity contribution in [2.45, 2.75) is 27.2 Å². The monoisotopic (exact) mass is 228 g/mol. The van der Waals surface area contributed by atoms with Crippen LogP contribution in [0.1, 0.15) is 24.7 Å². The molecule has 0 aliphatic heterocycles. The summed E-state index contributed by atoms with van der Waals surface area (Å²) in [6.07, 6.45) is 0.993. The highest BCUT2D eigenvalue weighted by Gasteiger charge is 2.04. The molecule has 0 aromatic carbocycles.